The van der Waals surface area contributed by atoms with Crippen molar-refractivity contribution in [2.24, 2.45) is 0 Å². The van der Waals surface area contributed by atoms with E-state index in [4.69, 9.17) is 9.26 Å². The van der Waals surface area contributed by atoms with Crippen molar-refractivity contribution in [3.05, 3.63) is 17.5 Å². The van der Waals surface area contributed by atoms with E-state index in [-0.39, 0.29) is 0 Å². The van der Waals surface area contributed by atoms with Crippen LogP contribution in [0, 0.1) is 0 Å². The van der Waals surface area contributed by atoms with Crippen LogP contribution in [0.4, 0.5) is 0 Å². The second-order valence-electron chi connectivity index (χ2n) is 5.25. The van der Waals surface area contributed by atoms with E-state index >= 15 is 0 Å². The first-order chi connectivity index (χ1) is 8.65. The molecule has 1 aromatic rings. The van der Waals surface area contributed by atoms with Crippen LogP contribution < -0.4 is 5.32 Å². The second kappa shape index (κ2) is 6.31. The molecule has 0 amide bonds. The van der Waals surface area contributed by atoms with Gasteiger partial charge in [0.1, 0.15) is 0 Å². The average molecular weight is 253 g/mol. The summed E-state index contributed by atoms with van der Waals surface area (Å²) in [5, 5.41) is 7.40. The largest absolute Gasteiger partial charge is 0.380 e. The molecule has 2 heterocycles. The molecule has 0 aliphatic carbocycles. The molecule has 18 heavy (non-hydrogen) atoms. The van der Waals surface area contributed by atoms with Crippen molar-refractivity contribution in [1.82, 2.24) is 15.4 Å². The Hall–Kier alpha value is -0.910. The van der Waals surface area contributed by atoms with Gasteiger partial charge in [0, 0.05) is 31.3 Å². The SMILES string of the molecule is CC(C)NCc1cc(CN(C)C2CCOC2)on1. The molecule has 5 nitrogen and oxygen atoms in total. The van der Waals surface area contributed by atoms with Crippen molar-refractivity contribution in [2.45, 2.75) is 45.4 Å². The van der Waals surface area contributed by atoms with Crippen LogP contribution in [-0.2, 0) is 17.8 Å². The Morgan fingerprint density at radius 2 is 2.39 bits per heavy atom. The summed E-state index contributed by atoms with van der Waals surface area (Å²) in [5.74, 6) is 0.921. The molecule has 5 heteroatoms. The first kappa shape index (κ1) is 13.5. The van der Waals surface area contributed by atoms with Gasteiger partial charge in [-0.2, -0.15) is 0 Å². The van der Waals surface area contributed by atoms with E-state index < -0.39 is 0 Å². The maximum Gasteiger partial charge on any atom is 0.151 e. The zero-order chi connectivity index (χ0) is 13.0. The van der Waals surface area contributed by atoms with Crippen molar-refractivity contribution in [3.63, 3.8) is 0 Å². The van der Waals surface area contributed by atoms with Gasteiger partial charge in [-0.3, -0.25) is 4.90 Å². The highest BCUT2D eigenvalue weighted by atomic mass is 16.5. The maximum atomic E-state index is 5.39. The topological polar surface area (TPSA) is 50.5 Å². The quantitative estimate of drug-likeness (QED) is 0.830. The van der Waals surface area contributed by atoms with Crippen LogP contribution in [-0.4, -0.2) is 42.4 Å². The fourth-order valence-electron chi connectivity index (χ4n) is 2.07. The molecule has 1 aliphatic rings. The van der Waals surface area contributed by atoms with Crippen LogP contribution in [0.15, 0.2) is 10.6 Å². The van der Waals surface area contributed by atoms with Gasteiger partial charge in [-0.15, -0.1) is 0 Å². The highest BCUT2D eigenvalue weighted by Crippen LogP contribution is 2.14. The smallest absolute Gasteiger partial charge is 0.151 e. The Labute approximate surface area is 108 Å². The standard InChI is InChI=1S/C13H23N3O2/c1-10(2)14-7-11-6-13(18-15-11)8-16(3)12-4-5-17-9-12/h6,10,12,14H,4-5,7-9H2,1-3H3. The molecule has 102 valence electrons. The van der Waals surface area contributed by atoms with Crippen molar-refractivity contribution in [1.29, 1.82) is 0 Å². The highest BCUT2D eigenvalue weighted by Gasteiger charge is 2.21. The van der Waals surface area contributed by atoms with Gasteiger partial charge in [0.05, 0.1) is 18.8 Å². The summed E-state index contributed by atoms with van der Waals surface area (Å²) in [6, 6.07) is 3.00. The monoisotopic (exact) mass is 253 g/mol. The van der Waals surface area contributed by atoms with Gasteiger partial charge in [-0.05, 0) is 13.5 Å². The molecule has 0 bridgehead atoms. The van der Waals surface area contributed by atoms with Gasteiger partial charge in [-0.1, -0.05) is 19.0 Å². The number of likely N-dealkylation sites (N-methyl/N-ethyl adjacent to an activating group) is 1. The predicted molar refractivity (Wildman–Crippen MR) is 69.2 cm³/mol. The molecule has 0 spiro atoms. The minimum absolute atomic E-state index is 0.462. The van der Waals surface area contributed by atoms with Gasteiger partial charge < -0.3 is 14.6 Å². The van der Waals surface area contributed by atoms with E-state index in [1.807, 2.05) is 6.07 Å². The van der Waals surface area contributed by atoms with E-state index in [0.29, 0.717) is 12.1 Å². The third kappa shape index (κ3) is 3.80. The minimum atomic E-state index is 0.462. The van der Waals surface area contributed by atoms with E-state index in [1.54, 1.807) is 0 Å². The number of rotatable bonds is 6. The van der Waals surface area contributed by atoms with Gasteiger partial charge in [-0.25, -0.2) is 0 Å². The van der Waals surface area contributed by atoms with Gasteiger partial charge in [0.15, 0.2) is 5.76 Å². The molecular formula is C13H23N3O2. The molecule has 0 aromatic carbocycles. The molecule has 0 saturated carbocycles. The number of nitrogens with zero attached hydrogens (tertiary/aromatic N) is 2. The van der Waals surface area contributed by atoms with E-state index in [1.165, 1.54) is 0 Å². The molecular weight excluding hydrogens is 230 g/mol. The number of hydrogen-bond donors (Lipinski definition) is 1. The lowest BCUT2D eigenvalue weighted by molar-refractivity contribution is 0.150. The number of hydrogen-bond acceptors (Lipinski definition) is 5. The van der Waals surface area contributed by atoms with Crippen LogP contribution >= 0.6 is 0 Å². The van der Waals surface area contributed by atoms with Crippen molar-refractivity contribution >= 4 is 0 Å². The lowest BCUT2D eigenvalue weighted by atomic mass is 10.2. The summed E-state index contributed by atoms with van der Waals surface area (Å²) in [6.45, 7) is 7.49. The van der Waals surface area contributed by atoms with E-state index in [0.717, 1.165) is 44.2 Å². The maximum absolute atomic E-state index is 5.39. The van der Waals surface area contributed by atoms with Crippen LogP contribution in [0.2, 0.25) is 0 Å². The van der Waals surface area contributed by atoms with Crippen LogP contribution in [0.25, 0.3) is 0 Å². The van der Waals surface area contributed by atoms with Gasteiger partial charge >= 0.3 is 0 Å². The lowest BCUT2D eigenvalue weighted by Crippen LogP contribution is -2.31. The van der Waals surface area contributed by atoms with Crippen molar-refractivity contribution < 1.29 is 9.26 Å². The van der Waals surface area contributed by atoms with Gasteiger partial charge in [0.2, 0.25) is 0 Å². The summed E-state index contributed by atoms with van der Waals surface area (Å²) < 4.78 is 10.7. The summed E-state index contributed by atoms with van der Waals surface area (Å²) in [5.41, 5.74) is 0.967. The Bertz CT molecular complexity index is 359. The normalized spacial score (nSPS) is 20.2. The number of ether oxygens (including phenoxy) is 1. The van der Waals surface area contributed by atoms with Crippen LogP contribution in [0.3, 0.4) is 0 Å². The summed E-state index contributed by atoms with van der Waals surface area (Å²) in [7, 11) is 2.11. The third-order valence-electron chi connectivity index (χ3n) is 3.23. The molecule has 1 atom stereocenters. The van der Waals surface area contributed by atoms with E-state index in [2.05, 4.69) is 36.3 Å². The zero-order valence-corrected chi connectivity index (χ0v) is 11.5. The third-order valence-corrected chi connectivity index (χ3v) is 3.23. The summed E-state index contributed by atoms with van der Waals surface area (Å²) in [4.78, 5) is 2.27. The summed E-state index contributed by atoms with van der Waals surface area (Å²) in [6.07, 6.45) is 1.10. The number of aromatic nitrogens is 1. The Morgan fingerprint density at radius 1 is 1.56 bits per heavy atom. The minimum Gasteiger partial charge on any atom is -0.380 e. The van der Waals surface area contributed by atoms with Crippen molar-refractivity contribution in [2.75, 3.05) is 20.3 Å². The Morgan fingerprint density at radius 3 is 3.06 bits per heavy atom. The fourth-order valence-corrected chi connectivity index (χ4v) is 2.07. The first-order valence-corrected chi connectivity index (χ1v) is 6.61. The molecule has 1 aliphatic heterocycles. The zero-order valence-electron chi connectivity index (χ0n) is 11.5. The molecule has 1 fully saturated rings. The molecule has 1 N–H and O–H groups in total. The average Bonchev–Trinajstić information content (AvgIpc) is 2.97. The predicted octanol–water partition coefficient (Wildman–Crippen LogP) is 1.39. The van der Waals surface area contributed by atoms with Crippen LogP contribution in [0.5, 0.6) is 0 Å². The highest BCUT2D eigenvalue weighted by molar-refractivity contribution is 5.05. The van der Waals surface area contributed by atoms with Crippen molar-refractivity contribution in [3.8, 4) is 0 Å². The molecule has 1 unspecified atom stereocenters. The second-order valence-corrected chi connectivity index (χ2v) is 5.25. The Kier molecular flexibility index (Phi) is 4.74. The molecule has 0 radical (unpaired) electrons. The Balaban J connectivity index is 1.82. The van der Waals surface area contributed by atoms with Crippen LogP contribution in [0.1, 0.15) is 31.7 Å². The van der Waals surface area contributed by atoms with E-state index in [9.17, 15) is 0 Å². The lowest BCUT2D eigenvalue weighted by Gasteiger charge is -2.20. The number of nitrogens with one attached hydrogen (secondary N) is 1. The summed E-state index contributed by atoms with van der Waals surface area (Å²) >= 11 is 0. The van der Waals surface area contributed by atoms with Gasteiger partial charge in [0.25, 0.3) is 0 Å². The fraction of sp³-hybridized carbons (Fsp3) is 0.769. The molecule has 1 saturated heterocycles. The first-order valence-electron chi connectivity index (χ1n) is 6.61. The molecule has 1 aromatic heterocycles. The molecule has 2 rings (SSSR count).